The van der Waals surface area contributed by atoms with Crippen molar-refractivity contribution < 1.29 is 14.3 Å². The number of methoxy groups -OCH3 is 1. The molecule has 0 saturated carbocycles. The normalized spacial score (nSPS) is 19.7. The van der Waals surface area contributed by atoms with Crippen molar-refractivity contribution in [3.05, 3.63) is 83.6 Å². The molecule has 2 aromatic carbocycles. The molecule has 31 heavy (non-hydrogen) atoms. The van der Waals surface area contributed by atoms with Gasteiger partial charge in [-0.05, 0) is 37.1 Å². The lowest BCUT2D eigenvalue weighted by Crippen LogP contribution is -2.50. The van der Waals surface area contributed by atoms with E-state index in [1.807, 2.05) is 80.6 Å². The number of carbonyl (C=O) groups is 1. The van der Waals surface area contributed by atoms with Crippen LogP contribution in [0.3, 0.4) is 0 Å². The van der Waals surface area contributed by atoms with Crippen molar-refractivity contribution in [3.63, 3.8) is 0 Å². The first-order chi connectivity index (χ1) is 15.0. The zero-order chi connectivity index (χ0) is 21.8. The van der Waals surface area contributed by atoms with Crippen molar-refractivity contribution in [1.82, 2.24) is 15.1 Å². The Hall–Kier alpha value is -3.25. The number of cyclic esters (lactones) is 1. The van der Waals surface area contributed by atoms with Crippen LogP contribution in [0, 0.1) is 6.92 Å². The van der Waals surface area contributed by atoms with E-state index in [4.69, 9.17) is 9.47 Å². The van der Waals surface area contributed by atoms with Crippen LogP contribution in [0.15, 0.2) is 66.7 Å². The topological polar surface area (TPSA) is 64.5 Å². The molecule has 6 nitrogen and oxygen atoms in total. The summed E-state index contributed by atoms with van der Waals surface area (Å²) in [5, 5.41) is 8.36. The number of hydrogen-bond acceptors (Lipinski definition) is 5. The van der Waals surface area contributed by atoms with Gasteiger partial charge in [0, 0.05) is 25.6 Å². The fourth-order valence-electron chi connectivity index (χ4n) is 4.05. The SMILES string of the molecule is COCC1(c2ccccc2)CCN([C@@H](C)c2ccc(-c3ccc(C)nn3)cc2)C(=O)O1. The largest absolute Gasteiger partial charge is 0.435 e. The Morgan fingerprint density at radius 2 is 1.81 bits per heavy atom. The van der Waals surface area contributed by atoms with Gasteiger partial charge in [0.1, 0.15) is 0 Å². The third-order valence-electron chi connectivity index (χ3n) is 5.91. The first-order valence-corrected chi connectivity index (χ1v) is 10.5. The van der Waals surface area contributed by atoms with Crippen molar-refractivity contribution in [3.8, 4) is 11.3 Å². The molecule has 0 radical (unpaired) electrons. The Morgan fingerprint density at radius 3 is 2.42 bits per heavy atom. The van der Waals surface area contributed by atoms with E-state index >= 15 is 0 Å². The second-order valence-electron chi connectivity index (χ2n) is 7.96. The number of amides is 1. The molecule has 1 fully saturated rings. The van der Waals surface area contributed by atoms with Gasteiger partial charge in [0.25, 0.3) is 0 Å². The second kappa shape index (κ2) is 8.86. The van der Waals surface area contributed by atoms with Crippen molar-refractivity contribution >= 4 is 6.09 Å². The monoisotopic (exact) mass is 417 g/mol. The lowest BCUT2D eigenvalue weighted by molar-refractivity contribution is -0.0964. The van der Waals surface area contributed by atoms with Crippen LogP contribution >= 0.6 is 0 Å². The van der Waals surface area contributed by atoms with Crippen LogP contribution in [0.4, 0.5) is 4.79 Å². The van der Waals surface area contributed by atoms with E-state index in [1.165, 1.54) is 0 Å². The molecule has 1 unspecified atom stereocenters. The number of nitrogens with zero attached hydrogens (tertiary/aromatic N) is 3. The van der Waals surface area contributed by atoms with E-state index in [2.05, 4.69) is 10.2 Å². The molecule has 0 bridgehead atoms. The standard InChI is InChI=1S/C25H27N3O3/c1-18-9-14-23(27-26-18)21-12-10-20(11-13-21)19(2)28-16-15-25(17-30-3,31-24(28)29)22-7-5-4-6-8-22/h4-14,19H,15-17H2,1-3H3/t19-,25?/m0/s1. The third-order valence-corrected chi connectivity index (χ3v) is 5.91. The molecular formula is C25H27N3O3. The van der Waals surface area contributed by atoms with E-state index < -0.39 is 5.60 Å². The zero-order valence-electron chi connectivity index (χ0n) is 18.1. The van der Waals surface area contributed by atoms with Crippen LogP contribution in [0.5, 0.6) is 0 Å². The van der Waals surface area contributed by atoms with Crippen LogP contribution in [0.1, 0.15) is 36.2 Å². The molecule has 6 heteroatoms. The summed E-state index contributed by atoms with van der Waals surface area (Å²) in [6, 6.07) is 21.7. The first-order valence-electron chi connectivity index (χ1n) is 10.5. The molecule has 1 aliphatic heterocycles. The van der Waals surface area contributed by atoms with Crippen LogP contribution in [-0.4, -0.2) is 41.5 Å². The average molecular weight is 418 g/mol. The lowest BCUT2D eigenvalue weighted by atomic mass is 9.89. The highest BCUT2D eigenvalue weighted by molar-refractivity contribution is 5.70. The quantitative estimate of drug-likeness (QED) is 0.571. The molecule has 1 amide bonds. The van der Waals surface area contributed by atoms with Crippen molar-refractivity contribution in [1.29, 1.82) is 0 Å². The predicted molar refractivity (Wildman–Crippen MR) is 118 cm³/mol. The molecule has 2 atom stereocenters. The first kappa shape index (κ1) is 21.0. The minimum absolute atomic E-state index is 0.109. The second-order valence-corrected chi connectivity index (χ2v) is 7.96. The Morgan fingerprint density at radius 1 is 1.06 bits per heavy atom. The Bertz CT molecular complexity index is 1020. The van der Waals surface area contributed by atoms with Crippen molar-refractivity contribution in [2.75, 3.05) is 20.3 Å². The number of aryl methyl sites for hydroxylation is 1. The molecule has 0 N–H and O–H groups in total. The van der Waals surface area contributed by atoms with Gasteiger partial charge < -0.3 is 14.4 Å². The van der Waals surface area contributed by atoms with Gasteiger partial charge in [-0.25, -0.2) is 4.79 Å². The molecule has 2 heterocycles. The van der Waals surface area contributed by atoms with Crippen LogP contribution < -0.4 is 0 Å². The van der Waals surface area contributed by atoms with Gasteiger partial charge >= 0.3 is 6.09 Å². The molecular weight excluding hydrogens is 390 g/mol. The van der Waals surface area contributed by atoms with Gasteiger partial charge in [-0.15, -0.1) is 0 Å². The summed E-state index contributed by atoms with van der Waals surface area (Å²) < 4.78 is 11.4. The highest BCUT2D eigenvalue weighted by Crippen LogP contribution is 2.37. The highest BCUT2D eigenvalue weighted by Gasteiger charge is 2.43. The third kappa shape index (κ3) is 4.30. The molecule has 4 rings (SSSR count). The van der Waals surface area contributed by atoms with Crippen molar-refractivity contribution in [2.24, 2.45) is 0 Å². The summed E-state index contributed by atoms with van der Waals surface area (Å²) in [6.45, 7) is 4.85. The van der Waals surface area contributed by atoms with E-state index in [-0.39, 0.29) is 12.1 Å². The minimum Gasteiger partial charge on any atom is -0.435 e. The molecule has 1 aromatic heterocycles. The summed E-state index contributed by atoms with van der Waals surface area (Å²) in [4.78, 5) is 14.8. The number of rotatable bonds is 6. The maximum absolute atomic E-state index is 13.0. The number of aromatic nitrogens is 2. The summed E-state index contributed by atoms with van der Waals surface area (Å²) in [6.07, 6.45) is 0.339. The molecule has 0 spiro atoms. The van der Waals surface area contributed by atoms with Gasteiger partial charge in [0.15, 0.2) is 5.60 Å². The van der Waals surface area contributed by atoms with Crippen LogP contribution in [0.2, 0.25) is 0 Å². The Kier molecular flexibility index (Phi) is 6.00. The Balaban J connectivity index is 1.50. The van der Waals surface area contributed by atoms with E-state index in [0.29, 0.717) is 19.6 Å². The van der Waals surface area contributed by atoms with Gasteiger partial charge in [0.05, 0.1) is 24.0 Å². The van der Waals surface area contributed by atoms with Crippen LogP contribution in [-0.2, 0) is 15.1 Å². The van der Waals surface area contributed by atoms with Crippen molar-refractivity contribution in [2.45, 2.75) is 31.9 Å². The van der Waals surface area contributed by atoms with Crippen LogP contribution in [0.25, 0.3) is 11.3 Å². The minimum atomic E-state index is -0.753. The number of carbonyl (C=O) groups excluding carboxylic acids is 1. The Labute approximate surface area is 182 Å². The molecule has 3 aromatic rings. The number of ether oxygens (including phenoxy) is 2. The zero-order valence-corrected chi connectivity index (χ0v) is 18.1. The number of hydrogen-bond donors (Lipinski definition) is 0. The summed E-state index contributed by atoms with van der Waals surface area (Å²) in [5.41, 5.74) is 3.96. The molecule has 160 valence electrons. The molecule has 0 aliphatic carbocycles. The lowest BCUT2D eigenvalue weighted by Gasteiger charge is -2.43. The summed E-state index contributed by atoms with van der Waals surface area (Å²) in [5.74, 6) is 0. The maximum atomic E-state index is 13.0. The summed E-state index contributed by atoms with van der Waals surface area (Å²) >= 11 is 0. The number of benzene rings is 2. The van der Waals surface area contributed by atoms with Gasteiger partial charge in [-0.3, -0.25) is 0 Å². The van der Waals surface area contributed by atoms with Gasteiger partial charge in [0.2, 0.25) is 0 Å². The molecule has 1 aliphatic rings. The van der Waals surface area contributed by atoms with E-state index in [1.54, 1.807) is 12.0 Å². The average Bonchev–Trinajstić information content (AvgIpc) is 2.80. The predicted octanol–water partition coefficient (Wildman–Crippen LogP) is 4.90. The van der Waals surface area contributed by atoms with E-state index in [9.17, 15) is 4.79 Å². The fourth-order valence-corrected chi connectivity index (χ4v) is 4.05. The molecule has 1 saturated heterocycles. The fraction of sp³-hybridized carbons (Fsp3) is 0.320. The highest BCUT2D eigenvalue weighted by atomic mass is 16.6. The van der Waals surface area contributed by atoms with E-state index in [0.717, 1.165) is 28.1 Å². The summed E-state index contributed by atoms with van der Waals surface area (Å²) in [7, 11) is 1.63. The smallest absolute Gasteiger partial charge is 0.411 e. The van der Waals surface area contributed by atoms with Gasteiger partial charge in [-0.2, -0.15) is 10.2 Å². The maximum Gasteiger partial charge on any atom is 0.411 e. The van der Waals surface area contributed by atoms with Gasteiger partial charge in [-0.1, -0.05) is 54.6 Å².